The van der Waals surface area contributed by atoms with E-state index in [0.717, 1.165) is 12.8 Å². The largest absolute Gasteiger partial charge is 0.352 e. The quantitative estimate of drug-likeness (QED) is 0.716. The third kappa shape index (κ3) is 4.77. The van der Waals surface area contributed by atoms with Gasteiger partial charge in [0.2, 0.25) is 5.91 Å². The van der Waals surface area contributed by atoms with Crippen molar-refractivity contribution in [3.63, 3.8) is 0 Å². The van der Waals surface area contributed by atoms with Crippen molar-refractivity contribution >= 4 is 5.91 Å². The van der Waals surface area contributed by atoms with Gasteiger partial charge < -0.3 is 16.4 Å². The summed E-state index contributed by atoms with van der Waals surface area (Å²) >= 11 is 0. The van der Waals surface area contributed by atoms with Crippen molar-refractivity contribution in [3.05, 3.63) is 0 Å². The molecule has 0 unspecified atom stereocenters. The molecule has 1 saturated heterocycles. The first kappa shape index (κ1) is 16.4. The summed E-state index contributed by atoms with van der Waals surface area (Å²) < 4.78 is 0. The van der Waals surface area contributed by atoms with Crippen molar-refractivity contribution < 1.29 is 4.79 Å². The molecule has 0 aromatic heterocycles. The van der Waals surface area contributed by atoms with E-state index in [1.807, 2.05) is 20.8 Å². The number of carbonyl (C=O) groups is 1. The molecule has 1 rings (SSSR count). The second-order valence-electron chi connectivity index (χ2n) is 8.35. The number of nitrogens with two attached hydrogens (primary N) is 1. The van der Waals surface area contributed by atoms with E-state index in [9.17, 15) is 4.79 Å². The Morgan fingerprint density at radius 3 is 2.00 bits per heavy atom. The Balaban J connectivity index is 2.69. The van der Waals surface area contributed by atoms with Gasteiger partial charge in [-0.25, -0.2) is 0 Å². The van der Waals surface area contributed by atoms with Crippen LogP contribution in [-0.4, -0.2) is 29.1 Å². The summed E-state index contributed by atoms with van der Waals surface area (Å²) in [6.07, 6.45) is 1.86. The molecule has 112 valence electrons. The van der Waals surface area contributed by atoms with Crippen molar-refractivity contribution in [3.8, 4) is 0 Å². The standard InChI is InChI=1S/C15H31N3O/c1-13(2,3)11(16)12(19)17-10-8-14(4,5)18-15(6,7)9-10/h10-11,18H,8-9,16H2,1-7H3,(H,17,19)/t11-/m1/s1. The van der Waals surface area contributed by atoms with Crippen LogP contribution in [0.2, 0.25) is 0 Å². The van der Waals surface area contributed by atoms with E-state index in [2.05, 4.69) is 38.3 Å². The Morgan fingerprint density at radius 2 is 1.63 bits per heavy atom. The topological polar surface area (TPSA) is 67.2 Å². The van der Waals surface area contributed by atoms with Crippen molar-refractivity contribution in [2.75, 3.05) is 0 Å². The number of piperidine rings is 1. The SMILES string of the molecule is CC1(C)CC(NC(=O)[C@@H](N)C(C)(C)C)CC(C)(C)N1. The summed E-state index contributed by atoms with van der Waals surface area (Å²) in [6, 6.07) is -0.277. The summed E-state index contributed by atoms with van der Waals surface area (Å²) in [5.41, 5.74) is 5.88. The molecule has 0 spiro atoms. The highest BCUT2D eigenvalue weighted by Gasteiger charge is 2.39. The van der Waals surface area contributed by atoms with Gasteiger partial charge in [0, 0.05) is 17.1 Å². The molecule has 0 radical (unpaired) electrons. The fourth-order valence-corrected chi connectivity index (χ4v) is 3.11. The van der Waals surface area contributed by atoms with E-state index in [0.29, 0.717) is 0 Å². The zero-order valence-corrected chi connectivity index (χ0v) is 13.6. The Hall–Kier alpha value is -0.610. The van der Waals surface area contributed by atoms with E-state index < -0.39 is 6.04 Å². The van der Waals surface area contributed by atoms with E-state index in [1.165, 1.54) is 0 Å². The van der Waals surface area contributed by atoms with Crippen LogP contribution in [0.3, 0.4) is 0 Å². The van der Waals surface area contributed by atoms with Crippen LogP contribution in [0.5, 0.6) is 0 Å². The molecule has 1 fully saturated rings. The first-order valence-corrected chi connectivity index (χ1v) is 7.18. The lowest BCUT2D eigenvalue weighted by atomic mass is 9.79. The zero-order chi connectivity index (χ0) is 15.1. The average Bonchev–Trinajstić information content (AvgIpc) is 2.09. The van der Waals surface area contributed by atoms with E-state index in [4.69, 9.17) is 5.73 Å². The zero-order valence-electron chi connectivity index (χ0n) is 13.6. The average molecular weight is 269 g/mol. The molecular weight excluding hydrogens is 238 g/mol. The molecule has 4 heteroatoms. The van der Waals surface area contributed by atoms with E-state index in [1.54, 1.807) is 0 Å². The predicted octanol–water partition coefficient (Wildman–Crippen LogP) is 1.79. The maximum atomic E-state index is 12.2. The number of hydrogen-bond donors (Lipinski definition) is 3. The molecule has 0 aromatic rings. The smallest absolute Gasteiger partial charge is 0.237 e. The van der Waals surface area contributed by atoms with Crippen LogP contribution in [-0.2, 0) is 4.79 Å². The fourth-order valence-electron chi connectivity index (χ4n) is 3.11. The molecule has 1 aliphatic rings. The molecule has 0 saturated carbocycles. The van der Waals surface area contributed by atoms with Gasteiger partial charge in [0.15, 0.2) is 0 Å². The highest BCUT2D eigenvalue weighted by atomic mass is 16.2. The van der Waals surface area contributed by atoms with Gasteiger partial charge >= 0.3 is 0 Å². The fraction of sp³-hybridized carbons (Fsp3) is 0.933. The lowest BCUT2D eigenvalue weighted by Crippen LogP contribution is -2.63. The molecule has 1 amide bonds. The van der Waals surface area contributed by atoms with Gasteiger partial charge in [0.25, 0.3) is 0 Å². The Morgan fingerprint density at radius 1 is 1.21 bits per heavy atom. The second kappa shape index (κ2) is 5.06. The molecule has 4 nitrogen and oxygen atoms in total. The minimum atomic E-state index is -0.464. The molecule has 0 aromatic carbocycles. The maximum absolute atomic E-state index is 12.2. The summed E-state index contributed by atoms with van der Waals surface area (Å²) in [5.74, 6) is -0.0361. The number of carbonyl (C=O) groups excluding carboxylic acids is 1. The lowest BCUT2D eigenvalue weighted by Gasteiger charge is -2.47. The van der Waals surface area contributed by atoms with Gasteiger partial charge in [-0.1, -0.05) is 20.8 Å². The molecule has 0 bridgehead atoms. The number of amides is 1. The van der Waals surface area contributed by atoms with Gasteiger partial charge in [-0.2, -0.15) is 0 Å². The number of rotatable bonds is 2. The van der Waals surface area contributed by atoms with E-state index >= 15 is 0 Å². The highest BCUT2D eigenvalue weighted by Crippen LogP contribution is 2.28. The van der Waals surface area contributed by atoms with Crippen LogP contribution in [0, 0.1) is 5.41 Å². The predicted molar refractivity (Wildman–Crippen MR) is 79.9 cm³/mol. The van der Waals surface area contributed by atoms with Crippen LogP contribution >= 0.6 is 0 Å². The summed E-state index contributed by atoms with van der Waals surface area (Å²) in [5, 5.41) is 6.74. The molecule has 0 aliphatic carbocycles. The first-order chi connectivity index (χ1) is 8.32. The molecule has 4 N–H and O–H groups in total. The van der Waals surface area contributed by atoms with E-state index in [-0.39, 0.29) is 28.4 Å². The molecular formula is C15H31N3O. The van der Waals surface area contributed by atoms with Crippen LogP contribution in [0.25, 0.3) is 0 Å². The maximum Gasteiger partial charge on any atom is 0.237 e. The molecule has 1 aliphatic heterocycles. The van der Waals surface area contributed by atoms with Gasteiger partial charge in [0.1, 0.15) is 0 Å². The van der Waals surface area contributed by atoms with Crippen LogP contribution in [0.15, 0.2) is 0 Å². The third-order valence-corrected chi connectivity index (χ3v) is 3.75. The van der Waals surface area contributed by atoms with Crippen molar-refractivity contribution in [2.45, 2.75) is 84.5 Å². The minimum absolute atomic E-state index is 0.0333. The van der Waals surface area contributed by atoms with Crippen molar-refractivity contribution in [2.24, 2.45) is 11.1 Å². The van der Waals surface area contributed by atoms with Crippen LogP contribution in [0.4, 0.5) is 0 Å². The third-order valence-electron chi connectivity index (χ3n) is 3.75. The molecule has 1 heterocycles. The normalized spacial score (nSPS) is 24.8. The Labute approximate surface area is 117 Å². The molecule has 19 heavy (non-hydrogen) atoms. The highest BCUT2D eigenvalue weighted by molar-refractivity contribution is 5.82. The summed E-state index contributed by atoms with van der Waals surface area (Å²) in [4.78, 5) is 12.2. The van der Waals surface area contributed by atoms with Crippen LogP contribution in [0.1, 0.15) is 61.3 Å². The van der Waals surface area contributed by atoms with Gasteiger partial charge in [-0.15, -0.1) is 0 Å². The van der Waals surface area contributed by atoms with Gasteiger partial charge in [0.05, 0.1) is 6.04 Å². The summed E-state index contributed by atoms with van der Waals surface area (Å²) in [6.45, 7) is 14.7. The Bertz CT molecular complexity index is 326. The van der Waals surface area contributed by atoms with Crippen LogP contribution < -0.4 is 16.4 Å². The van der Waals surface area contributed by atoms with Crippen molar-refractivity contribution in [1.82, 2.24) is 10.6 Å². The number of nitrogens with one attached hydrogen (secondary N) is 2. The monoisotopic (exact) mass is 269 g/mol. The Kier molecular flexibility index (Phi) is 4.38. The lowest BCUT2D eigenvalue weighted by molar-refractivity contribution is -0.125. The molecule has 1 atom stereocenters. The first-order valence-electron chi connectivity index (χ1n) is 7.18. The number of hydrogen-bond acceptors (Lipinski definition) is 3. The van der Waals surface area contributed by atoms with Gasteiger partial charge in [-0.05, 0) is 46.0 Å². The summed E-state index contributed by atoms with van der Waals surface area (Å²) in [7, 11) is 0. The second-order valence-corrected chi connectivity index (χ2v) is 8.35. The van der Waals surface area contributed by atoms with Gasteiger partial charge in [-0.3, -0.25) is 4.79 Å². The van der Waals surface area contributed by atoms with Crippen molar-refractivity contribution in [1.29, 1.82) is 0 Å². The minimum Gasteiger partial charge on any atom is -0.352 e.